The van der Waals surface area contributed by atoms with E-state index in [2.05, 4.69) is 0 Å². The first-order valence-electron chi connectivity index (χ1n) is 5.97. The Kier molecular flexibility index (Phi) is 4.56. The molecule has 19 heavy (non-hydrogen) atoms. The molecule has 2 aromatic carbocycles. The highest BCUT2D eigenvalue weighted by molar-refractivity contribution is 7.99. The molecular formula is C15H15F2NS. The summed E-state index contributed by atoms with van der Waals surface area (Å²) in [5.74, 6) is -1.03. The average Bonchev–Trinajstić information content (AvgIpc) is 2.40. The molecule has 2 aromatic rings. The summed E-state index contributed by atoms with van der Waals surface area (Å²) in [5, 5.41) is 0. The third-order valence-electron chi connectivity index (χ3n) is 2.91. The molecule has 1 unspecified atom stereocenters. The monoisotopic (exact) mass is 279 g/mol. The summed E-state index contributed by atoms with van der Waals surface area (Å²) < 4.78 is 25.9. The minimum absolute atomic E-state index is 0.126. The van der Waals surface area contributed by atoms with Gasteiger partial charge >= 0.3 is 0 Å². The largest absolute Gasteiger partial charge is 0.323 e. The van der Waals surface area contributed by atoms with Crippen LogP contribution in [0.5, 0.6) is 0 Å². The highest BCUT2D eigenvalue weighted by atomic mass is 32.2. The van der Waals surface area contributed by atoms with Crippen molar-refractivity contribution in [3.63, 3.8) is 0 Å². The zero-order valence-electron chi connectivity index (χ0n) is 10.6. The lowest BCUT2D eigenvalue weighted by Crippen LogP contribution is -2.14. The molecule has 0 radical (unpaired) electrons. The van der Waals surface area contributed by atoms with E-state index in [-0.39, 0.29) is 6.04 Å². The highest BCUT2D eigenvalue weighted by Gasteiger charge is 2.10. The third-order valence-corrected chi connectivity index (χ3v) is 4.02. The molecule has 2 N–H and O–H groups in total. The van der Waals surface area contributed by atoms with Crippen LogP contribution in [0.4, 0.5) is 8.78 Å². The van der Waals surface area contributed by atoms with Crippen molar-refractivity contribution in [2.75, 3.05) is 5.75 Å². The summed E-state index contributed by atoms with van der Waals surface area (Å²) in [4.78, 5) is 0.683. The number of thioether (sulfide) groups is 1. The van der Waals surface area contributed by atoms with Crippen LogP contribution in [0.1, 0.15) is 17.2 Å². The van der Waals surface area contributed by atoms with Gasteiger partial charge in [-0.05, 0) is 36.2 Å². The van der Waals surface area contributed by atoms with Crippen molar-refractivity contribution in [1.82, 2.24) is 0 Å². The van der Waals surface area contributed by atoms with E-state index in [0.29, 0.717) is 10.6 Å². The molecule has 0 aromatic heterocycles. The van der Waals surface area contributed by atoms with Crippen molar-refractivity contribution in [3.8, 4) is 0 Å². The average molecular weight is 279 g/mol. The van der Waals surface area contributed by atoms with Crippen molar-refractivity contribution in [2.24, 2.45) is 5.73 Å². The minimum Gasteiger partial charge on any atom is -0.323 e. The van der Waals surface area contributed by atoms with Gasteiger partial charge < -0.3 is 5.73 Å². The van der Waals surface area contributed by atoms with Crippen LogP contribution >= 0.6 is 11.8 Å². The fourth-order valence-corrected chi connectivity index (χ4v) is 2.75. The SMILES string of the molecule is Cc1ccccc1C(N)CSc1ccc(F)c(F)c1. The van der Waals surface area contributed by atoms with Crippen molar-refractivity contribution in [3.05, 3.63) is 65.2 Å². The van der Waals surface area contributed by atoms with Gasteiger partial charge in [0.25, 0.3) is 0 Å². The summed E-state index contributed by atoms with van der Waals surface area (Å²) in [6.45, 7) is 2.01. The second-order valence-electron chi connectivity index (χ2n) is 4.35. The lowest BCUT2D eigenvalue weighted by atomic mass is 10.0. The van der Waals surface area contributed by atoms with Crippen LogP contribution in [-0.2, 0) is 0 Å². The maximum Gasteiger partial charge on any atom is 0.159 e. The predicted molar refractivity (Wildman–Crippen MR) is 75.2 cm³/mol. The molecule has 0 saturated carbocycles. The van der Waals surface area contributed by atoms with E-state index in [1.54, 1.807) is 6.07 Å². The van der Waals surface area contributed by atoms with E-state index in [1.165, 1.54) is 17.8 Å². The van der Waals surface area contributed by atoms with Crippen LogP contribution in [0.3, 0.4) is 0 Å². The van der Waals surface area contributed by atoms with Gasteiger partial charge in [-0.15, -0.1) is 11.8 Å². The first-order valence-corrected chi connectivity index (χ1v) is 6.95. The number of nitrogens with two attached hydrogens (primary N) is 1. The van der Waals surface area contributed by atoms with Crippen LogP contribution in [0.25, 0.3) is 0 Å². The number of halogens is 2. The molecule has 0 saturated heterocycles. The van der Waals surface area contributed by atoms with E-state index >= 15 is 0 Å². The summed E-state index contributed by atoms with van der Waals surface area (Å²) in [5.41, 5.74) is 8.34. The van der Waals surface area contributed by atoms with E-state index in [1.807, 2.05) is 31.2 Å². The second kappa shape index (κ2) is 6.17. The number of benzene rings is 2. The molecule has 100 valence electrons. The summed E-state index contributed by atoms with van der Waals surface area (Å²) in [7, 11) is 0. The fourth-order valence-electron chi connectivity index (χ4n) is 1.85. The normalized spacial score (nSPS) is 12.4. The van der Waals surface area contributed by atoms with Crippen LogP contribution < -0.4 is 5.73 Å². The zero-order chi connectivity index (χ0) is 13.8. The van der Waals surface area contributed by atoms with Crippen LogP contribution in [0.15, 0.2) is 47.4 Å². The van der Waals surface area contributed by atoms with Gasteiger partial charge in [-0.1, -0.05) is 24.3 Å². The first-order chi connectivity index (χ1) is 9.08. The molecule has 0 fully saturated rings. The standard InChI is InChI=1S/C15H15F2NS/c1-10-4-2-3-5-12(10)15(18)9-19-11-6-7-13(16)14(17)8-11/h2-8,15H,9,18H2,1H3. The van der Waals surface area contributed by atoms with E-state index < -0.39 is 11.6 Å². The molecule has 0 spiro atoms. The summed E-state index contributed by atoms with van der Waals surface area (Å²) in [6, 6.07) is 11.7. The van der Waals surface area contributed by atoms with Crippen molar-refractivity contribution < 1.29 is 8.78 Å². The molecule has 1 nitrogen and oxygen atoms in total. The Bertz CT molecular complexity index is 572. The van der Waals surface area contributed by atoms with Crippen LogP contribution in [0, 0.1) is 18.6 Å². The maximum atomic E-state index is 13.1. The lowest BCUT2D eigenvalue weighted by Gasteiger charge is -2.14. The molecule has 0 aliphatic heterocycles. The van der Waals surface area contributed by atoms with Crippen LogP contribution in [0.2, 0.25) is 0 Å². The zero-order valence-corrected chi connectivity index (χ0v) is 11.4. The van der Waals surface area contributed by atoms with Gasteiger partial charge in [-0.2, -0.15) is 0 Å². The quantitative estimate of drug-likeness (QED) is 0.854. The van der Waals surface area contributed by atoms with Gasteiger partial charge in [0.15, 0.2) is 11.6 Å². The van der Waals surface area contributed by atoms with E-state index in [0.717, 1.165) is 17.2 Å². The van der Waals surface area contributed by atoms with Gasteiger partial charge in [0.1, 0.15) is 0 Å². The molecule has 2 rings (SSSR count). The number of rotatable bonds is 4. The van der Waals surface area contributed by atoms with Gasteiger partial charge in [-0.25, -0.2) is 8.78 Å². The topological polar surface area (TPSA) is 26.0 Å². The number of hydrogen-bond acceptors (Lipinski definition) is 2. The first kappa shape index (κ1) is 14.0. The van der Waals surface area contributed by atoms with E-state index in [9.17, 15) is 8.78 Å². The lowest BCUT2D eigenvalue weighted by molar-refractivity contribution is 0.506. The van der Waals surface area contributed by atoms with Gasteiger partial charge in [0.2, 0.25) is 0 Å². The molecule has 0 aliphatic rings. The molecule has 4 heteroatoms. The molecule has 1 atom stereocenters. The van der Waals surface area contributed by atoms with Crippen molar-refractivity contribution in [2.45, 2.75) is 17.9 Å². The van der Waals surface area contributed by atoms with Gasteiger partial charge in [0.05, 0.1) is 0 Å². The van der Waals surface area contributed by atoms with Gasteiger partial charge in [0, 0.05) is 16.7 Å². The molecule has 0 aliphatic carbocycles. The maximum absolute atomic E-state index is 13.1. The van der Waals surface area contributed by atoms with Crippen molar-refractivity contribution >= 4 is 11.8 Å². The molecule has 0 bridgehead atoms. The van der Waals surface area contributed by atoms with E-state index in [4.69, 9.17) is 5.73 Å². The van der Waals surface area contributed by atoms with Gasteiger partial charge in [-0.3, -0.25) is 0 Å². The Morgan fingerprint density at radius 1 is 1.11 bits per heavy atom. The molecule has 0 amide bonds. The molecule has 0 heterocycles. The Morgan fingerprint density at radius 3 is 2.53 bits per heavy atom. The fraction of sp³-hybridized carbons (Fsp3) is 0.200. The number of aryl methyl sites for hydroxylation is 1. The second-order valence-corrected chi connectivity index (χ2v) is 5.44. The Balaban J connectivity index is 2.02. The third kappa shape index (κ3) is 3.55. The number of hydrogen-bond donors (Lipinski definition) is 1. The Morgan fingerprint density at radius 2 is 1.84 bits per heavy atom. The Hall–Kier alpha value is -1.39. The van der Waals surface area contributed by atoms with Crippen LogP contribution in [-0.4, -0.2) is 5.75 Å². The predicted octanol–water partition coefficient (Wildman–Crippen LogP) is 4.07. The molecular weight excluding hydrogens is 264 g/mol. The van der Waals surface area contributed by atoms with Crippen molar-refractivity contribution in [1.29, 1.82) is 0 Å². The summed E-state index contributed by atoms with van der Waals surface area (Å²) >= 11 is 1.42. The highest BCUT2D eigenvalue weighted by Crippen LogP contribution is 2.26. The smallest absolute Gasteiger partial charge is 0.159 e. The Labute approximate surface area is 115 Å². The minimum atomic E-state index is -0.826. The summed E-state index contributed by atoms with van der Waals surface area (Å²) in [6.07, 6.45) is 0.